The molecule has 0 fully saturated rings. The summed E-state index contributed by atoms with van der Waals surface area (Å²) in [6.45, 7) is 1.40. The van der Waals surface area contributed by atoms with Crippen LogP contribution in [-0.2, 0) is 14.8 Å². The summed E-state index contributed by atoms with van der Waals surface area (Å²) in [5.74, 6) is -0.498. The van der Waals surface area contributed by atoms with Gasteiger partial charge in [-0.2, -0.15) is 4.72 Å². The standard InChI is InChI=1S/C17H19FN2O5S/c1-11(17(21)19-15-9-4-12(18)10-16(15)25-3)20-26(22,23)14-7-5-13(24-2)6-8-14/h4-11,20H,1-3H3,(H,19,21)/t11-/m1/s1. The van der Waals surface area contributed by atoms with Crippen LogP contribution in [0.3, 0.4) is 0 Å². The van der Waals surface area contributed by atoms with Gasteiger partial charge in [0.1, 0.15) is 17.3 Å². The van der Waals surface area contributed by atoms with Crippen LogP contribution in [0, 0.1) is 5.82 Å². The first kappa shape index (κ1) is 19.7. The van der Waals surface area contributed by atoms with Crippen molar-refractivity contribution in [3.8, 4) is 11.5 Å². The van der Waals surface area contributed by atoms with Crippen molar-refractivity contribution in [1.82, 2.24) is 4.72 Å². The smallest absolute Gasteiger partial charge is 0.242 e. The van der Waals surface area contributed by atoms with Gasteiger partial charge in [-0.25, -0.2) is 12.8 Å². The lowest BCUT2D eigenvalue weighted by atomic mass is 10.2. The van der Waals surface area contributed by atoms with Crippen molar-refractivity contribution < 1.29 is 27.1 Å². The lowest BCUT2D eigenvalue weighted by molar-refractivity contribution is -0.117. The van der Waals surface area contributed by atoms with Gasteiger partial charge in [-0.15, -0.1) is 0 Å². The van der Waals surface area contributed by atoms with Gasteiger partial charge in [-0.1, -0.05) is 0 Å². The first-order valence-corrected chi connectivity index (χ1v) is 9.06. The SMILES string of the molecule is COc1ccc(S(=O)(=O)N[C@H](C)C(=O)Nc2ccc(F)cc2OC)cc1. The Morgan fingerprint density at radius 1 is 1.08 bits per heavy atom. The summed E-state index contributed by atoms with van der Waals surface area (Å²) >= 11 is 0. The van der Waals surface area contributed by atoms with Crippen LogP contribution in [0.1, 0.15) is 6.92 Å². The maximum atomic E-state index is 13.2. The quantitative estimate of drug-likeness (QED) is 0.765. The van der Waals surface area contributed by atoms with E-state index in [-0.39, 0.29) is 16.3 Å². The maximum Gasteiger partial charge on any atom is 0.242 e. The fourth-order valence-electron chi connectivity index (χ4n) is 2.12. The summed E-state index contributed by atoms with van der Waals surface area (Å²) in [6, 6.07) is 8.27. The van der Waals surface area contributed by atoms with Crippen LogP contribution in [0.5, 0.6) is 11.5 Å². The van der Waals surface area contributed by atoms with Crippen LogP contribution < -0.4 is 19.5 Å². The lowest BCUT2D eigenvalue weighted by Gasteiger charge is -2.16. The third kappa shape index (κ3) is 4.70. The van der Waals surface area contributed by atoms with Gasteiger partial charge >= 0.3 is 0 Å². The average molecular weight is 382 g/mol. The molecule has 0 aromatic heterocycles. The Morgan fingerprint density at radius 2 is 1.73 bits per heavy atom. The molecule has 2 aromatic rings. The van der Waals surface area contributed by atoms with E-state index in [1.807, 2.05) is 0 Å². The predicted octanol–water partition coefficient (Wildman–Crippen LogP) is 2.15. The monoisotopic (exact) mass is 382 g/mol. The number of rotatable bonds is 7. The fraction of sp³-hybridized carbons (Fsp3) is 0.235. The zero-order chi connectivity index (χ0) is 19.3. The Kier molecular flexibility index (Phi) is 6.17. The van der Waals surface area contributed by atoms with Crippen LogP contribution in [-0.4, -0.2) is 34.6 Å². The molecule has 1 atom stereocenters. The minimum absolute atomic E-state index is 0.00249. The molecule has 0 aliphatic carbocycles. The zero-order valence-corrected chi connectivity index (χ0v) is 15.3. The highest BCUT2D eigenvalue weighted by molar-refractivity contribution is 7.89. The molecule has 140 valence electrons. The molecule has 2 aromatic carbocycles. The number of nitrogens with one attached hydrogen (secondary N) is 2. The van der Waals surface area contributed by atoms with Gasteiger partial charge in [0.15, 0.2) is 0 Å². The molecule has 0 spiro atoms. The van der Waals surface area contributed by atoms with E-state index in [4.69, 9.17) is 9.47 Å². The highest BCUT2D eigenvalue weighted by Crippen LogP contribution is 2.25. The molecule has 1 amide bonds. The van der Waals surface area contributed by atoms with E-state index in [0.29, 0.717) is 5.75 Å². The summed E-state index contributed by atoms with van der Waals surface area (Å²) in [6.07, 6.45) is 0. The second kappa shape index (κ2) is 8.15. The van der Waals surface area contributed by atoms with Gasteiger partial charge in [-0.3, -0.25) is 4.79 Å². The largest absolute Gasteiger partial charge is 0.497 e. The molecule has 0 aliphatic rings. The molecule has 0 saturated heterocycles. The summed E-state index contributed by atoms with van der Waals surface area (Å²) in [7, 11) is -1.10. The Labute approximate surface area is 151 Å². The van der Waals surface area contributed by atoms with Gasteiger partial charge in [0.2, 0.25) is 15.9 Å². The highest BCUT2D eigenvalue weighted by atomic mass is 32.2. The van der Waals surface area contributed by atoms with Crippen LogP contribution >= 0.6 is 0 Å². The van der Waals surface area contributed by atoms with Crippen LogP contribution in [0.2, 0.25) is 0 Å². The minimum Gasteiger partial charge on any atom is -0.497 e. The highest BCUT2D eigenvalue weighted by Gasteiger charge is 2.23. The topological polar surface area (TPSA) is 93.7 Å². The number of halogens is 1. The summed E-state index contributed by atoms with van der Waals surface area (Å²) < 4.78 is 50.2. The van der Waals surface area contributed by atoms with E-state index in [1.165, 1.54) is 51.5 Å². The molecule has 0 aliphatic heterocycles. The number of hydrogen-bond acceptors (Lipinski definition) is 5. The first-order valence-electron chi connectivity index (χ1n) is 7.57. The van der Waals surface area contributed by atoms with Crippen LogP contribution in [0.4, 0.5) is 10.1 Å². The Bertz CT molecular complexity index is 885. The van der Waals surface area contributed by atoms with E-state index in [9.17, 15) is 17.6 Å². The van der Waals surface area contributed by atoms with E-state index in [1.54, 1.807) is 0 Å². The zero-order valence-electron chi connectivity index (χ0n) is 14.4. The number of amides is 1. The third-order valence-electron chi connectivity index (χ3n) is 3.52. The van der Waals surface area contributed by atoms with E-state index < -0.39 is 27.8 Å². The summed E-state index contributed by atoms with van der Waals surface area (Å²) in [4.78, 5) is 12.3. The molecule has 2 rings (SSSR count). The first-order chi connectivity index (χ1) is 12.3. The van der Waals surface area contributed by atoms with E-state index >= 15 is 0 Å². The molecular formula is C17H19FN2O5S. The number of carbonyl (C=O) groups is 1. The summed E-state index contributed by atoms with van der Waals surface area (Å²) in [5.41, 5.74) is 0.231. The number of sulfonamides is 1. The Hall–Kier alpha value is -2.65. The minimum atomic E-state index is -3.90. The van der Waals surface area contributed by atoms with Crippen LogP contribution in [0.25, 0.3) is 0 Å². The molecule has 0 bridgehead atoms. The number of ether oxygens (including phenoxy) is 2. The maximum absolute atomic E-state index is 13.2. The van der Waals surface area contributed by atoms with Gasteiger partial charge in [0.05, 0.1) is 30.8 Å². The van der Waals surface area contributed by atoms with Gasteiger partial charge in [0, 0.05) is 6.07 Å². The molecule has 9 heteroatoms. The number of anilines is 1. The van der Waals surface area contributed by atoms with Gasteiger partial charge in [0.25, 0.3) is 0 Å². The molecular weight excluding hydrogens is 363 g/mol. The molecule has 7 nitrogen and oxygen atoms in total. The molecule has 2 N–H and O–H groups in total. The van der Waals surface area contributed by atoms with Crippen molar-refractivity contribution >= 4 is 21.6 Å². The second-order valence-electron chi connectivity index (χ2n) is 5.35. The number of carbonyl (C=O) groups excluding carboxylic acids is 1. The average Bonchev–Trinajstić information content (AvgIpc) is 2.62. The number of hydrogen-bond donors (Lipinski definition) is 2. The predicted molar refractivity (Wildman–Crippen MR) is 94.4 cm³/mol. The van der Waals surface area contributed by atoms with E-state index in [2.05, 4.69) is 10.0 Å². The normalized spacial score (nSPS) is 12.3. The van der Waals surface area contributed by atoms with Crippen molar-refractivity contribution in [3.63, 3.8) is 0 Å². The van der Waals surface area contributed by atoms with Crippen LogP contribution in [0.15, 0.2) is 47.4 Å². The van der Waals surface area contributed by atoms with E-state index in [0.717, 1.165) is 12.1 Å². The molecule has 0 heterocycles. The van der Waals surface area contributed by atoms with Crippen molar-refractivity contribution in [2.45, 2.75) is 17.9 Å². The Morgan fingerprint density at radius 3 is 2.31 bits per heavy atom. The second-order valence-corrected chi connectivity index (χ2v) is 7.07. The number of benzene rings is 2. The molecule has 0 radical (unpaired) electrons. The molecule has 0 unspecified atom stereocenters. The van der Waals surface area contributed by atoms with Crippen molar-refractivity contribution in [3.05, 3.63) is 48.3 Å². The van der Waals surface area contributed by atoms with Crippen molar-refractivity contribution in [1.29, 1.82) is 0 Å². The lowest BCUT2D eigenvalue weighted by Crippen LogP contribution is -2.41. The third-order valence-corrected chi connectivity index (χ3v) is 5.07. The van der Waals surface area contributed by atoms with Crippen molar-refractivity contribution in [2.24, 2.45) is 0 Å². The Balaban J connectivity index is 2.10. The fourth-order valence-corrected chi connectivity index (χ4v) is 3.32. The van der Waals surface area contributed by atoms with Gasteiger partial charge in [-0.05, 0) is 43.3 Å². The van der Waals surface area contributed by atoms with Gasteiger partial charge < -0.3 is 14.8 Å². The summed E-state index contributed by atoms with van der Waals surface area (Å²) in [5, 5.41) is 2.50. The van der Waals surface area contributed by atoms with Crippen molar-refractivity contribution in [2.75, 3.05) is 19.5 Å². The molecule has 0 saturated carbocycles. The molecule has 26 heavy (non-hydrogen) atoms. The number of methoxy groups -OCH3 is 2.